The third kappa shape index (κ3) is 4.32. The van der Waals surface area contributed by atoms with Crippen molar-refractivity contribution in [2.24, 2.45) is 0 Å². The Morgan fingerprint density at radius 2 is 2.05 bits per heavy atom. The predicted octanol–water partition coefficient (Wildman–Crippen LogP) is 3.24. The highest BCUT2D eigenvalue weighted by atomic mass is 79.9. The lowest BCUT2D eigenvalue weighted by Gasteiger charge is -2.36. The van der Waals surface area contributed by atoms with Crippen LogP contribution in [0.15, 0.2) is 28.7 Å². The second kappa shape index (κ2) is 7.06. The van der Waals surface area contributed by atoms with Gasteiger partial charge in [0.15, 0.2) is 0 Å². The van der Waals surface area contributed by atoms with E-state index in [0.29, 0.717) is 18.4 Å². The second-order valence-electron chi connectivity index (χ2n) is 5.05. The van der Waals surface area contributed by atoms with Crippen molar-refractivity contribution in [2.75, 3.05) is 13.7 Å². The number of carbonyl (C=O) groups is 1. The summed E-state index contributed by atoms with van der Waals surface area (Å²) in [6.07, 6.45) is 3.75. The largest absolute Gasteiger partial charge is 0.469 e. The Morgan fingerprint density at radius 1 is 1.37 bits per heavy atom. The van der Waals surface area contributed by atoms with Crippen molar-refractivity contribution in [1.29, 1.82) is 0 Å². The van der Waals surface area contributed by atoms with E-state index >= 15 is 0 Å². The van der Waals surface area contributed by atoms with Gasteiger partial charge in [0.1, 0.15) is 0 Å². The molecule has 0 radical (unpaired) electrons. The van der Waals surface area contributed by atoms with E-state index in [9.17, 15) is 4.79 Å². The molecule has 0 atom stereocenters. The maximum atomic E-state index is 11.0. The van der Waals surface area contributed by atoms with Crippen LogP contribution in [-0.4, -0.2) is 25.7 Å². The molecular weight excluding hydrogens is 306 g/mol. The molecule has 1 fully saturated rings. The molecule has 0 bridgehead atoms. The minimum atomic E-state index is -0.122. The Hall–Kier alpha value is -0.870. The molecule has 3 nitrogen and oxygen atoms in total. The number of ether oxygens (including phenoxy) is 1. The SMILES string of the molecule is COC(=O)CCCNC1CC(c2ccc(Br)cc2)C1. The maximum absolute atomic E-state index is 11.0. The summed E-state index contributed by atoms with van der Waals surface area (Å²) in [7, 11) is 1.44. The van der Waals surface area contributed by atoms with Gasteiger partial charge in [-0.3, -0.25) is 4.79 Å². The summed E-state index contributed by atoms with van der Waals surface area (Å²) in [5, 5.41) is 3.49. The van der Waals surface area contributed by atoms with Gasteiger partial charge in [-0.25, -0.2) is 0 Å². The van der Waals surface area contributed by atoms with Crippen molar-refractivity contribution >= 4 is 21.9 Å². The van der Waals surface area contributed by atoms with Crippen LogP contribution < -0.4 is 5.32 Å². The highest BCUT2D eigenvalue weighted by Crippen LogP contribution is 2.37. The number of hydrogen-bond acceptors (Lipinski definition) is 3. The van der Waals surface area contributed by atoms with Crippen LogP contribution in [0.2, 0.25) is 0 Å². The normalized spacial score (nSPS) is 21.8. The van der Waals surface area contributed by atoms with Crippen LogP contribution in [0.3, 0.4) is 0 Å². The van der Waals surface area contributed by atoms with Crippen molar-refractivity contribution < 1.29 is 9.53 Å². The fraction of sp³-hybridized carbons (Fsp3) is 0.533. The van der Waals surface area contributed by atoms with E-state index in [-0.39, 0.29) is 5.97 Å². The molecule has 1 saturated carbocycles. The van der Waals surface area contributed by atoms with E-state index in [4.69, 9.17) is 0 Å². The van der Waals surface area contributed by atoms with Gasteiger partial charge in [-0.15, -0.1) is 0 Å². The molecule has 0 spiro atoms. The first-order valence-corrected chi connectivity index (χ1v) is 7.54. The topological polar surface area (TPSA) is 38.3 Å². The Bertz CT molecular complexity index is 413. The van der Waals surface area contributed by atoms with Crippen LogP contribution in [0, 0.1) is 0 Å². The van der Waals surface area contributed by atoms with E-state index in [1.54, 1.807) is 0 Å². The molecule has 1 aliphatic carbocycles. The van der Waals surface area contributed by atoms with Crippen LogP contribution >= 0.6 is 15.9 Å². The molecule has 1 aliphatic rings. The number of rotatable bonds is 6. The summed E-state index contributed by atoms with van der Waals surface area (Å²) in [6.45, 7) is 0.896. The summed E-state index contributed by atoms with van der Waals surface area (Å²) < 4.78 is 5.74. The molecule has 104 valence electrons. The van der Waals surface area contributed by atoms with Crippen molar-refractivity contribution in [3.8, 4) is 0 Å². The maximum Gasteiger partial charge on any atom is 0.305 e. The Labute approximate surface area is 122 Å². The predicted molar refractivity (Wildman–Crippen MR) is 79.2 cm³/mol. The number of esters is 1. The number of nitrogens with one attached hydrogen (secondary N) is 1. The average molecular weight is 326 g/mol. The number of halogens is 1. The lowest BCUT2D eigenvalue weighted by atomic mass is 9.76. The molecule has 4 heteroatoms. The zero-order valence-electron chi connectivity index (χ0n) is 11.2. The van der Waals surface area contributed by atoms with Crippen molar-refractivity contribution in [2.45, 2.75) is 37.6 Å². The Kier molecular flexibility index (Phi) is 5.40. The van der Waals surface area contributed by atoms with Crippen molar-refractivity contribution in [3.05, 3.63) is 34.3 Å². The first-order chi connectivity index (χ1) is 9.19. The lowest BCUT2D eigenvalue weighted by Crippen LogP contribution is -2.40. The van der Waals surface area contributed by atoms with Crippen LogP contribution in [0.5, 0.6) is 0 Å². The average Bonchev–Trinajstić information content (AvgIpc) is 2.37. The molecule has 19 heavy (non-hydrogen) atoms. The monoisotopic (exact) mass is 325 g/mol. The second-order valence-corrected chi connectivity index (χ2v) is 5.97. The molecule has 0 aromatic heterocycles. The molecule has 0 aliphatic heterocycles. The minimum Gasteiger partial charge on any atom is -0.469 e. The van der Waals surface area contributed by atoms with E-state index in [1.165, 1.54) is 25.5 Å². The first kappa shape index (κ1) is 14.5. The fourth-order valence-corrected chi connectivity index (χ4v) is 2.70. The first-order valence-electron chi connectivity index (χ1n) is 6.74. The molecule has 2 rings (SSSR count). The number of hydrogen-bond donors (Lipinski definition) is 1. The molecule has 0 amide bonds. The minimum absolute atomic E-state index is 0.122. The van der Waals surface area contributed by atoms with Crippen LogP contribution in [0.4, 0.5) is 0 Å². The number of benzene rings is 1. The van der Waals surface area contributed by atoms with Crippen LogP contribution in [0.1, 0.15) is 37.2 Å². The van der Waals surface area contributed by atoms with Crippen LogP contribution in [0.25, 0.3) is 0 Å². The summed E-state index contributed by atoms with van der Waals surface area (Å²) in [5.74, 6) is 0.564. The van der Waals surface area contributed by atoms with E-state index in [0.717, 1.165) is 17.4 Å². The van der Waals surface area contributed by atoms with Gasteiger partial charge in [0.2, 0.25) is 0 Å². The zero-order valence-corrected chi connectivity index (χ0v) is 12.8. The summed E-state index contributed by atoms with van der Waals surface area (Å²) in [5.41, 5.74) is 1.43. The smallest absolute Gasteiger partial charge is 0.305 e. The molecule has 0 saturated heterocycles. The standard InChI is InChI=1S/C15H20BrNO2/c1-19-15(18)3-2-8-17-14-9-12(10-14)11-4-6-13(16)7-5-11/h4-7,12,14,17H,2-3,8-10H2,1H3. The van der Waals surface area contributed by atoms with Gasteiger partial charge in [-0.1, -0.05) is 28.1 Å². The number of carbonyl (C=O) groups excluding carboxylic acids is 1. The van der Waals surface area contributed by atoms with Gasteiger partial charge < -0.3 is 10.1 Å². The van der Waals surface area contributed by atoms with E-state index < -0.39 is 0 Å². The van der Waals surface area contributed by atoms with Crippen molar-refractivity contribution in [1.82, 2.24) is 5.32 Å². The highest BCUT2D eigenvalue weighted by Gasteiger charge is 2.29. The Morgan fingerprint density at radius 3 is 2.68 bits per heavy atom. The van der Waals surface area contributed by atoms with Gasteiger partial charge in [0.25, 0.3) is 0 Å². The lowest BCUT2D eigenvalue weighted by molar-refractivity contribution is -0.140. The zero-order chi connectivity index (χ0) is 13.7. The van der Waals surface area contributed by atoms with Crippen molar-refractivity contribution in [3.63, 3.8) is 0 Å². The molecule has 0 unspecified atom stereocenters. The van der Waals surface area contributed by atoms with Gasteiger partial charge in [0.05, 0.1) is 7.11 Å². The molecule has 1 N–H and O–H groups in total. The van der Waals surface area contributed by atoms with Gasteiger partial charge in [-0.05, 0) is 49.4 Å². The van der Waals surface area contributed by atoms with E-state index in [1.807, 2.05) is 0 Å². The summed E-state index contributed by atoms with van der Waals surface area (Å²) in [6, 6.07) is 9.20. The third-order valence-electron chi connectivity index (χ3n) is 3.70. The quantitative estimate of drug-likeness (QED) is 0.644. The van der Waals surface area contributed by atoms with Gasteiger partial charge in [0, 0.05) is 16.9 Å². The fourth-order valence-electron chi connectivity index (χ4n) is 2.43. The molecular formula is C15H20BrNO2. The van der Waals surface area contributed by atoms with Crippen LogP contribution in [-0.2, 0) is 9.53 Å². The molecule has 1 aromatic rings. The summed E-state index contributed by atoms with van der Waals surface area (Å²) >= 11 is 3.46. The Balaban J connectivity index is 1.61. The molecule has 1 aromatic carbocycles. The highest BCUT2D eigenvalue weighted by molar-refractivity contribution is 9.10. The third-order valence-corrected chi connectivity index (χ3v) is 4.23. The van der Waals surface area contributed by atoms with Gasteiger partial charge in [-0.2, -0.15) is 0 Å². The van der Waals surface area contributed by atoms with E-state index in [2.05, 4.69) is 50.2 Å². The molecule has 0 heterocycles. The number of methoxy groups -OCH3 is 1. The van der Waals surface area contributed by atoms with Gasteiger partial charge >= 0.3 is 5.97 Å². The summed E-state index contributed by atoms with van der Waals surface area (Å²) in [4.78, 5) is 11.0.